The maximum Gasteiger partial charge on any atom is 0.293 e. The summed E-state index contributed by atoms with van der Waals surface area (Å²) in [5.41, 5.74) is 1.04. The van der Waals surface area contributed by atoms with Crippen LogP contribution in [0.1, 0.15) is 15.9 Å². The monoisotopic (exact) mass is 443 g/mol. The lowest BCUT2D eigenvalue weighted by Gasteiger charge is -2.11. The molecule has 1 aliphatic heterocycles. The molecule has 1 fully saturated rings. The Morgan fingerprint density at radius 3 is 2.57 bits per heavy atom. The summed E-state index contributed by atoms with van der Waals surface area (Å²) >= 11 is 6.61. The highest BCUT2D eigenvalue weighted by Gasteiger charge is 2.36. The van der Waals surface area contributed by atoms with Gasteiger partial charge in [-0.05, 0) is 59.8 Å². The van der Waals surface area contributed by atoms with Crippen LogP contribution in [0.2, 0.25) is 5.02 Å². The molecule has 0 spiro atoms. The minimum absolute atomic E-state index is 0.228. The van der Waals surface area contributed by atoms with Crippen molar-refractivity contribution < 1.29 is 23.9 Å². The fourth-order valence-electron chi connectivity index (χ4n) is 2.70. The summed E-state index contributed by atoms with van der Waals surface area (Å²) < 4.78 is 10.8. The van der Waals surface area contributed by atoms with E-state index in [1.165, 1.54) is 7.11 Å². The Balaban J connectivity index is 1.76. The number of methoxy groups -OCH3 is 1. The predicted molar refractivity (Wildman–Crippen MR) is 117 cm³/mol. The summed E-state index contributed by atoms with van der Waals surface area (Å²) in [5.74, 6) is 0.165. The number of hydrogen-bond acceptors (Lipinski definition) is 6. The number of nitrogens with zero attached hydrogens (tertiary/aromatic N) is 1. The van der Waals surface area contributed by atoms with Crippen molar-refractivity contribution in [1.29, 1.82) is 0 Å². The average Bonchev–Trinajstić information content (AvgIpc) is 3.00. The predicted octanol–water partition coefficient (Wildman–Crippen LogP) is 4.83. The number of ketones is 1. The molecule has 0 N–H and O–H groups in total. The van der Waals surface area contributed by atoms with Crippen molar-refractivity contribution in [3.05, 3.63) is 76.2 Å². The zero-order valence-electron chi connectivity index (χ0n) is 16.1. The van der Waals surface area contributed by atoms with Gasteiger partial charge in [-0.25, -0.2) is 0 Å². The number of amides is 2. The van der Waals surface area contributed by atoms with Crippen LogP contribution in [0.15, 0.2) is 60.0 Å². The molecule has 0 saturated carbocycles. The average molecular weight is 444 g/mol. The third kappa shape index (κ3) is 4.93. The zero-order valence-corrected chi connectivity index (χ0v) is 17.7. The molecule has 3 rings (SSSR count). The molecule has 1 heterocycles. The molecule has 2 amide bonds. The third-order valence-corrected chi connectivity index (χ3v) is 5.34. The quantitative estimate of drug-likeness (QED) is 0.330. The fourth-order valence-corrected chi connectivity index (χ4v) is 3.66. The smallest absolute Gasteiger partial charge is 0.293 e. The van der Waals surface area contributed by atoms with Crippen LogP contribution in [0.3, 0.4) is 0 Å². The van der Waals surface area contributed by atoms with E-state index < -0.39 is 11.1 Å². The standard InChI is InChI=1S/C22H18ClNO5S/c1-3-10-29-18-9-4-14(11-19(18)28-2)12-20-21(26)24(22(27)30-20)13-17(25)15-5-7-16(23)8-6-15/h3-9,11-12H,1,10,13H2,2H3/b20-12-. The van der Waals surface area contributed by atoms with Crippen molar-refractivity contribution in [1.82, 2.24) is 4.90 Å². The van der Waals surface area contributed by atoms with Crippen molar-refractivity contribution in [3.8, 4) is 11.5 Å². The van der Waals surface area contributed by atoms with E-state index in [9.17, 15) is 14.4 Å². The zero-order chi connectivity index (χ0) is 21.7. The molecule has 0 atom stereocenters. The number of carbonyl (C=O) groups is 3. The second kappa shape index (κ2) is 9.65. The van der Waals surface area contributed by atoms with E-state index >= 15 is 0 Å². The first kappa shape index (κ1) is 21.7. The largest absolute Gasteiger partial charge is 0.493 e. The van der Waals surface area contributed by atoms with Crippen LogP contribution in [0, 0.1) is 0 Å². The molecule has 2 aromatic carbocycles. The van der Waals surface area contributed by atoms with Gasteiger partial charge in [0.05, 0.1) is 18.6 Å². The maximum absolute atomic E-state index is 12.7. The Morgan fingerprint density at radius 2 is 1.90 bits per heavy atom. The first-order chi connectivity index (χ1) is 14.4. The number of benzene rings is 2. The van der Waals surface area contributed by atoms with Gasteiger partial charge in [-0.3, -0.25) is 19.3 Å². The van der Waals surface area contributed by atoms with Crippen LogP contribution in [-0.4, -0.2) is 42.1 Å². The Hall–Kier alpha value is -3.03. The Kier molecular flexibility index (Phi) is 6.97. The van der Waals surface area contributed by atoms with Gasteiger partial charge < -0.3 is 9.47 Å². The highest BCUT2D eigenvalue weighted by atomic mass is 35.5. The van der Waals surface area contributed by atoms with Gasteiger partial charge in [0.25, 0.3) is 11.1 Å². The molecular formula is C22H18ClNO5S. The molecule has 1 aliphatic rings. The van der Waals surface area contributed by atoms with E-state index in [1.54, 1.807) is 54.6 Å². The molecule has 0 radical (unpaired) electrons. The van der Waals surface area contributed by atoms with E-state index in [2.05, 4.69) is 6.58 Å². The highest BCUT2D eigenvalue weighted by Crippen LogP contribution is 2.34. The first-order valence-electron chi connectivity index (χ1n) is 8.89. The van der Waals surface area contributed by atoms with Gasteiger partial charge in [-0.15, -0.1) is 0 Å². The van der Waals surface area contributed by atoms with Gasteiger partial charge in [0.1, 0.15) is 6.61 Å². The Labute approximate surface area is 183 Å². The number of halogens is 1. The molecule has 1 saturated heterocycles. The van der Waals surface area contributed by atoms with Gasteiger partial charge in [0.15, 0.2) is 17.3 Å². The molecule has 0 aromatic heterocycles. The molecule has 154 valence electrons. The normalized spacial score (nSPS) is 14.9. The summed E-state index contributed by atoms with van der Waals surface area (Å²) in [7, 11) is 1.51. The molecular weight excluding hydrogens is 426 g/mol. The summed E-state index contributed by atoms with van der Waals surface area (Å²) in [6.45, 7) is 3.60. The van der Waals surface area contributed by atoms with Gasteiger partial charge in [0.2, 0.25) is 0 Å². The fraction of sp³-hybridized carbons (Fsp3) is 0.136. The molecule has 8 heteroatoms. The van der Waals surface area contributed by atoms with Gasteiger partial charge in [-0.2, -0.15) is 0 Å². The lowest BCUT2D eigenvalue weighted by atomic mass is 10.1. The van der Waals surface area contributed by atoms with Crippen molar-refractivity contribution in [2.75, 3.05) is 20.3 Å². The molecule has 2 aromatic rings. The van der Waals surface area contributed by atoms with E-state index in [1.807, 2.05) is 0 Å². The number of hydrogen-bond donors (Lipinski definition) is 0. The van der Waals surface area contributed by atoms with E-state index in [0.29, 0.717) is 34.3 Å². The van der Waals surface area contributed by atoms with Crippen molar-refractivity contribution in [3.63, 3.8) is 0 Å². The van der Waals surface area contributed by atoms with E-state index in [-0.39, 0.29) is 17.2 Å². The van der Waals surface area contributed by atoms with Crippen LogP contribution in [0.4, 0.5) is 4.79 Å². The third-order valence-electron chi connectivity index (χ3n) is 4.18. The summed E-state index contributed by atoms with van der Waals surface area (Å²) in [6, 6.07) is 11.4. The minimum atomic E-state index is -0.515. The molecule has 6 nitrogen and oxygen atoms in total. The summed E-state index contributed by atoms with van der Waals surface area (Å²) in [4.78, 5) is 38.6. The van der Waals surface area contributed by atoms with Crippen molar-refractivity contribution in [2.45, 2.75) is 0 Å². The molecule has 0 bridgehead atoms. The summed E-state index contributed by atoms with van der Waals surface area (Å²) in [5, 5.41) is 0.00320. The minimum Gasteiger partial charge on any atom is -0.493 e. The number of rotatable bonds is 8. The topological polar surface area (TPSA) is 72.9 Å². The first-order valence-corrected chi connectivity index (χ1v) is 10.1. The highest BCUT2D eigenvalue weighted by molar-refractivity contribution is 8.18. The number of carbonyl (C=O) groups excluding carboxylic acids is 3. The molecule has 0 aliphatic carbocycles. The van der Waals surface area contributed by atoms with Crippen LogP contribution in [0.25, 0.3) is 6.08 Å². The van der Waals surface area contributed by atoms with E-state index in [0.717, 1.165) is 16.7 Å². The van der Waals surface area contributed by atoms with Gasteiger partial charge >= 0.3 is 0 Å². The number of thioether (sulfide) groups is 1. The Bertz CT molecular complexity index is 1030. The maximum atomic E-state index is 12.7. The molecule has 30 heavy (non-hydrogen) atoms. The second-order valence-corrected chi connectivity index (χ2v) is 7.64. The number of ether oxygens (including phenoxy) is 2. The lowest BCUT2D eigenvalue weighted by Crippen LogP contribution is -2.33. The number of imide groups is 1. The van der Waals surface area contributed by atoms with Crippen LogP contribution >= 0.6 is 23.4 Å². The Morgan fingerprint density at radius 1 is 1.17 bits per heavy atom. The van der Waals surface area contributed by atoms with Crippen LogP contribution in [-0.2, 0) is 4.79 Å². The van der Waals surface area contributed by atoms with E-state index in [4.69, 9.17) is 21.1 Å². The second-order valence-electron chi connectivity index (χ2n) is 6.21. The molecule has 0 unspecified atom stereocenters. The van der Waals surface area contributed by atoms with Gasteiger partial charge in [0, 0.05) is 10.6 Å². The SMILES string of the molecule is C=CCOc1ccc(/C=C2\SC(=O)N(CC(=O)c3ccc(Cl)cc3)C2=O)cc1OC. The van der Waals surface area contributed by atoms with Crippen molar-refractivity contribution in [2.24, 2.45) is 0 Å². The van der Waals surface area contributed by atoms with Crippen LogP contribution < -0.4 is 9.47 Å². The number of Topliss-reactive ketones (excluding diaryl/α,β-unsaturated/α-hetero) is 1. The summed E-state index contributed by atoms with van der Waals surface area (Å²) in [6.07, 6.45) is 3.20. The van der Waals surface area contributed by atoms with Crippen molar-refractivity contribution >= 4 is 46.4 Å². The van der Waals surface area contributed by atoms with Gasteiger partial charge in [-0.1, -0.05) is 30.3 Å². The van der Waals surface area contributed by atoms with Crippen LogP contribution in [0.5, 0.6) is 11.5 Å². The lowest BCUT2D eigenvalue weighted by molar-refractivity contribution is -0.122.